The molecule has 1 aliphatic rings. The molecular formula is C25H30N2O5. The van der Waals surface area contributed by atoms with Crippen molar-refractivity contribution in [2.75, 3.05) is 51.3 Å². The van der Waals surface area contributed by atoms with Crippen LogP contribution in [0.2, 0.25) is 0 Å². The second-order valence-electron chi connectivity index (χ2n) is 8.12. The Morgan fingerprint density at radius 3 is 2.56 bits per heavy atom. The summed E-state index contributed by atoms with van der Waals surface area (Å²) in [6.45, 7) is 6.31. The van der Waals surface area contributed by atoms with Gasteiger partial charge in [0.15, 0.2) is 5.43 Å². The summed E-state index contributed by atoms with van der Waals surface area (Å²) in [6, 6.07) is 15.0. The Balaban J connectivity index is 1.38. The van der Waals surface area contributed by atoms with E-state index in [1.54, 1.807) is 38.3 Å². The maximum atomic E-state index is 12.7. The van der Waals surface area contributed by atoms with Gasteiger partial charge in [-0.2, -0.15) is 0 Å². The van der Waals surface area contributed by atoms with Gasteiger partial charge >= 0.3 is 0 Å². The summed E-state index contributed by atoms with van der Waals surface area (Å²) in [5.74, 6) is 2.01. The number of anilines is 1. The molecule has 1 saturated heterocycles. The van der Waals surface area contributed by atoms with Crippen molar-refractivity contribution in [2.24, 2.45) is 0 Å². The standard InChI is InChI=1S/C25H30N2O5/c1-18(28)17-31-23-8-5-9-24-25(23)21(29)16-19(32-24)10-11-26-12-14-27(15-13-26)20-6-3-4-7-22(20)30-2/h3-9,16,18,28H,10-15,17H2,1-2H3. The minimum Gasteiger partial charge on any atom is -0.495 e. The van der Waals surface area contributed by atoms with Crippen LogP contribution in [0.4, 0.5) is 5.69 Å². The van der Waals surface area contributed by atoms with Gasteiger partial charge in [0.1, 0.15) is 34.8 Å². The highest BCUT2D eigenvalue weighted by Crippen LogP contribution is 2.28. The highest BCUT2D eigenvalue weighted by Gasteiger charge is 2.20. The van der Waals surface area contributed by atoms with Gasteiger partial charge in [0.05, 0.1) is 18.9 Å². The molecule has 170 valence electrons. The van der Waals surface area contributed by atoms with Crippen LogP contribution in [-0.2, 0) is 6.42 Å². The van der Waals surface area contributed by atoms with Crippen LogP contribution in [0.1, 0.15) is 12.7 Å². The van der Waals surface area contributed by atoms with Gasteiger partial charge in [-0.05, 0) is 31.2 Å². The van der Waals surface area contributed by atoms with E-state index in [9.17, 15) is 9.90 Å². The van der Waals surface area contributed by atoms with Crippen molar-refractivity contribution in [1.82, 2.24) is 4.90 Å². The number of nitrogens with zero attached hydrogens (tertiary/aromatic N) is 2. The average Bonchev–Trinajstić information content (AvgIpc) is 2.81. The number of benzene rings is 2. The van der Waals surface area contributed by atoms with Gasteiger partial charge in [-0.25, -0.2) is 0 Å². The van der Waals surface area contributed by atoms with E-state index in [1.165, 1.54) is 0 Å². The van der Waals surface area contributed by atoms with Gasteiger partial charge < -0.3 is 23.9 Å². The molecule has 3 aromatic rings. The van der Waals surface area contributed by atoms with E-state index in [1.807, 2.05) is 18.2 Å². The Bertz CT molecular complexity index is 1100. The third-order valence-electron chi connectivity index (χ3n) is 5.72. The number of methoxy groups -OCH3 is 1. The van der Waals surface area contributed by atoms with Crippen LogP contribution < -0.4 is 19.8 Å². The van der Waals surface area contributed by atoms with Crippen LogP contribution in [-0.4, -0.2) is 62.6 Å². The minimum atomic E-state index is -0.611. The summed E-state index contributed by atoms with van der Waals surface area (Å²) < 4.78 is 17.1. The molecule has 0 amide bonds. The van der Waals surface area contributed by atoms with E-state index in [2.05, 4.69) is 15.9 Å². The number of fused-ring (bicyclic) bond motifs is 1. The molecule has 7 nitrogen and oxygen atoms in total. The molecule has 1 aromatic heterocycles. The van der Waals surface area contributed by atoms with Crippen LogP contribution in [0.25, 0.3) is 11.0 Å². The molecule has 2 heterocycles. The monoisotopic (exact) mass is 438 g/mol. The van der Waals surface area contributed by atoms with Gasteiger partial charge in [-0.1, -0.05) is 18.2 Å². The number of ether oxygens (including phenoxy) is 2. The van der Waals surface area contributed by atoms with Crippen molar-refractivity contribution in [2.45, 2.75) is 19.4 Å². The molecule has 4 rings (SSSR count). The number of hydrogen-bond donors (Lipinski definition) is 1. The Morgan fingerprint density at radius 2 is 1.81 bits per heavy atom. The van der Waals surface area contributed by atoms with Gasteiger partial charge in [-0.15, -0.1) is 0 Å². The Morgan fingerprint density at radius 1 is 1.06 bits per heavy atom. The van der Waals surface area contributed by atoms with Gasteiger partial charge in [0.2, 0.25) is 0 Å². The molecule has 0 spiro atoms. The van der Waals surface area contributed by atoms with Crippen molar-refractivity contribution in [3.05, 3.63) is 64.5 Å². The Hall–Kier alpha value is -3.03. The van der Waals surface area contributed by atoms with Crippen LogP contribution in [0.15, 0.2) is 57.7 Å². The number of piperazine rings is 1. The Kier molecular flexibility index (Phi) is 6.97. The van der Waals surface area contributed by atoms with Crippen molar-refractivity contribution in [3.63, 3.8) is 0 Å². The number of rotatable bonds is 8. The molecule has 1 unspecified atom stereocenters. The summed E-state index contributed by atoms with van der Waals surface area (Å²) in [4.78, 5) is 17.5. The first-order valence-electron chi connectivity index (χ1n) is 11.0. The number of aliphatic hydroxyl groups excluding tert-OH is 1. The fraction of sp³-hybridized carbons (Fsp3) is 0.400. The van der Waals surface area contributed by atoms with Crippen molar-refractivity contribution < 1.29 is 19.0 Å². The number of aliphatic hydroxyl groups is 1. The van der Waals surface area contributed by atoms with E-state index < -0.39 is 6.10 Å². The lowest BCUT2D eigenvalue weighted by atomic mass is 10.1. The molecule has 1 N–H and O–H groups in total. The van der Waals surface area contributed by atoms with E-state index in [4.69, 9.17) is 13.9 Å². The third-order valence-corrected chi connectivity index (χ3v) is 5.72. The van der Waals surface area contributed by atoms with Crippen molar-refractivity contribution in [3.8, 4) is 11.5 Å². The second-order valence-corrected chi connectivity index (χ2v) is 8.12. The SMILES string of the molecule is COc1ccccc1N1CCN(CCc2cc(=O)c3c(OCC(C)O)cccc3o2)CC1. The molecule has 7 heteroatoms. The molecule has 1 aliphatic heterocycles. The van der Waals surface area contributed by atoms with Crippen LogP contribution >= 0.6 is 0 Å². The maximum absolute atomic E-state index is 12.7. The summed E-state index contributed by atoms with van der Waals surface area (Å²) >= 11 is 0. The zero-order valence-corrected chi connectivity index (χ0v) is 18.6. The van der Waals surface area contributed by atoms with E-state index in [0.717, 1.165) is 44.2 Å². The van der Waals surface area contributed by atoms with Gasteiger partial charge in [0.25, 0.3) is 0 Å². The highest BCUT2D eigenvalue weighted by atomic mass is 16.5. The van der Waals surface area contributed by atoms with E-state index in [0.29, 0.717) is 28.9 Å². The smallest absolute Gasteiger partial charge is 0.196 e. The largest absolute Gasteiger partial charge is 0.495 e. The minimum absolute atomic E-state index is 0.122. The first kappa shape index (κ1) is 22.2. The first-order valence-corrected chi connectivity index (χ1v) is 11.0. The lowest BCUT2D eigenvalue weighted by Gasteiger charge is -2.36. The molecular weight excluding hydrogens is 408 g/mol. The molecule has 1 fully saturated rings. The van der Waals surface area contributed by atoms with Gasteiger partial charge in [0, 0.05) is 45.2 Å². The normalized spacial score (nSPS) is 15.7. The average molecular weight is 439 g/mol. The van der Waals surface area contributed by atoms with Crippen LogP contribution in [0, 0.1) is 0 Å². The molecule has 0 radical (unpaired) electrons. The van der Waals surface area contributed by atoms with Gasteiger partial charge in [-0.3, -0.25) is 9.69 Å². The summed E-state index contributed by atoms with van der Waals surface area (Å²) in [7, 11) is 1.70. The fourth-order valence-electron chi connectivity index (χ4n) is 4.05. The van der Waals surface area contributed by atoms with Crippen molar-refractivity contribution >= 4 is 16.7 Å². The van der Waals surface area contributed by atoms with Crippen LogP contribution in [0.5, 0.6) is 11.5 Å². The maximum Gasteiger partial charge on any atom is 0.196 e. The predicted molar refractivity (Wildman–Crippen MR) is 125 cm³/mol. The lowest BCUT2D eigenvalue weighted by Crippen LogP contribution is -2.47. The first-order chi connectivity index (χ1) is 15.5. The quantitative estimate of drug-likeness (QED) is 0.580. The topological polar surface area (TPSA) is 75.4 Å². The second kappa shape index (κ2) is 10.1. The molecule has 32 heavy (non-hydrogen) atoms. The van der Waals surface area contributed by atoms with E-state index in [-0.39, 0.29) is 12.0 Å². The highest BCUT2D eigenvalue weighted by molar-refractivity contribution is 5.83. The Labute approximate surface area is 187 Å². The zero-order valence-electron chi connectivity index (χ0n) is 18.6. The van der Waals surface area contributed by atoms with Crippen LogP contribution in [0.3, 0.4) is 0 Å². The molecule has 0 bridgehead atoms. The van der Waals surface area contributed by atoms with E-state index >= 15 is 0 Å². The molecule has 0 aliphatic carbocycles. The summed E-state index contributed by atoms with van der Waals surface area (Å²) in [6.07, 6.45) is 0.0542. The summed E-state index contributed by atoms with van der Waals surface area (Å²) in [5.41, 5.74) is 1.52. The number of hydrogen-bond acceptors (Lipinski definition) is 7. The van der Waals surface area contributed by atoms with Crippen molar-refractivity contribution in [1.29, 1.82) is 0 Å². The zero-order chi connectivity index (χ0) is 22.5. The summed E-state index contributed by atoms with van der Waals surface area (Å²) in [5, 5.41) is 9.88. The molecule has 0 saturated carbocycles. The lowest BCUT2D eigenvalue weighted by molar-refractivity contribution is 0.123. The molecule has 2 aromatic carbocycles. The fourth-order valence-corrected chi connectivity index (χ4v) is 4.05. The number of para-hydroxylation sites is 2. The third kappa shape index (κ3) is 5.06. The molecule has 1 atom stereocenters. The predicted octanol–water partition coefficient (Wildman–Crippen LogP) is 2.93.